The van der Waals surface area contributed by atoms with Crippen LogP contribution in [0.3, 0.4) is 0 Å². The van der Waals surface area contributed by atoms with Gasteiger partial charge in [0.2, 0.25) is 0 Å². The van der Waals surface area contributed by atoms with E-state index >= 15 is 0 Å². The van der Waals surface area contributed by atoms with Gasteiger partial charge in [0.25, 0.3) is 0 Å². The highest BCUT2D eigenvalue weighted by atomic mass is 79.9. The molecule has 0 radical (unpaired) electrons. The third-order valence-corrected chi connectivity index (χ3v) is 4.39. The van der Waals surface area contributed by atoms with Gasteiger partial charge in [0, 0.05) is 22.6 Å². The first kappa shape index (κ1) is 15.8. The van der Waals surface area contributed by atoms with Crippen molar-refractivity contribution in [3.63, 3.8) is 0 Å². The molecule has 0 amide bonds. The van der Waals surface area contributed by atoms with E-state index in [-0.39, 0.29) is 12.1 Å². The molecule has 20 heavy (non-hydrogen) atoms. The van der Waals surface area contributed by atoms with Crippen LogP contribution in [-0.4, -0.2) is 31.1 Å². The normalized spacial score (nSPS) is 24.1. The lowest BCUT2D eigenvalue weighted by Crippen LogP contribution is -2.47. The predicted molar refractivity (Wildman–Crippen MR) is 87.1 cm³/mol. The maximum absolute atomic E-state index is 6.44. The third kappa shape index (κ3) is 3.54. The zero-order valence-electron chi connectivity index (χ0n) is 12.6. The molecule has 1 aliphatic heterocycles. The summed E-state index contributed by atoms with van der Waals surface area (Å²) in [6.07, 6.45) is 2.26. The van der Waals surface area contributed by atoms with Gasteiger partial charge < -0.3 is 10.5 Å². The molecule has 0 spiro atoms. The highest BCUT2D eigenvalue weighted by Gasteiger charge is 2.32. The van der Waals surface area contributed by atoms with Gasteiger partial charge in [-0.2, -0.15) is 0 Å². The van der Waals surface area contributed by atoms with Crippen LogP contribution < -0.4 is 10.5 Å². The number of ether oxygens (including phenoxy) is 1. The van der Waals surface area contributed by atoms with Crippen LogP contribution >= 0.6 is 15.9 Å². The minimum absolute atomic E-state index is 0.172. The second-order valence-corrected chi connectivity index (χ2v) is 6.94. The van der Waals surface area contributed by atoms with Crippen LogP contribution in [0.25, 0.3) is 0 Å². The molecular formula is C16H25BrN2O. The molecule has 1 aromatic rings. The number of methoxy groups -OCH3 is 1. The molecule has 2 atom stereocenters. The fraction of sp³-hybridized carbons (Fsp3) is 0.625. The van der Waals surface area contributed by atoms with E-state index in [1.165, 1.54) is 12.0 Å². The number of hydrogen-bond acceptors (Lipinski definition) is 3. The summed E-state index contributed by atoms with van der Waals surface area (Å²) in [5.74, 6) is 1.57. The number of nitrogens with zero attached hydrogens (tertiary/aromatic N) is 1. The van der Waals surface area contributed by atoms with Gasteiger partial charge in [0.1, 0.15) is 5.75 Å². The van der Waals surface area contributed by atoms with Crippen molar-refractivity contribution in [2.24, 2.45) is 11.7 Å². The Morgan fingerprint density at radius 3 is 2.85 bits per heavy atom. The van der Waals surface area contributed by atoms with Crippen LogP contribution in [0.1, 0.15) is 38.3 Å². The first-order chi connectivity index (χ1) is 9.52. The van der Waals surface area contributed by atoms with Crippen LogP contribution in [0.4, 0.5) is 0 Å². The summed E-state index contributed by atoms with van der Waals surface area (Å²) in [6, 6.07) is 6.61. The highest BCUT2D eigenvalue weighted by molar-refractivity contribution is 9.10. The van der Waals surface area contributed by atoms with Crippen molar-refractivity contribution in [1.29, 1.82) is 0 Å². The van der Waals surface area contributed by atoms with Crippen molar-refractivity contribution < 1.29 is 4.74 Å². The molecule has 0 aliphatic carbocycles. The Hall–Kier alpha value is -0.580. The Bertz CT molecular complexity index is 450. The van der Waals surface area contributed by atoms with Gasteiger partial charge in [-0.3, -0.25) is 4.90 Å². The molecule has 2 rings (SSSR count). The molecule has 112 valence electrons. The molecular weight excluding hydrogens is 316 g/mol. The van der Waals surface area contributed by atoms with Gasteiger partial charge >= 0.3 is 0 Å². The van der Waals surface area contributed by atoms with E-state index in [9.17, 15) is 0 Å². The molecule has 0 aromatic heterocycles. The molecule has 1 saturated heterocycles. The maximum Gasteiger partial charge on any atom is 0.123 e. The summed E-state index contributed by atoms with van der Waals surface area (Å²) in [5, 5.41) is 0. The number of hydrogen-bond donors (Lipinski definition) is 1. The molecule has 1 heterocycles. The van der Waals surface area contributed by atoms with E-state index in [0.717, 1.165) is 29.7 Å². The Labute approximate surface area is 130 Å². The lowest BCUT2D eigenvalue weighted by atomic mass is 9.89. The molecule has 0 bridgehead atoms. The maximum atomic E-state index is 6.44. The van der Waals surface area contributed by atoms with Gasteiger partial charge in [0.05, 0.1) is 13.2 Å². The van der Waals surface area contributed by atoms with Gasteiger partial charge in [-0.15, -0.1) is 0 Å². The number of halogens is 1. The summed E-state index contributed by atoms with van der Waals surface area (Å²) in [5.41, 5.74) is 7.64. The molecule has 4 heteroatoms. The Morgan fingerprint density at radius 2 is 2.20 bits per heavy atom. The number of benzene rings is 1. The molecule has 3 nitrogen and oxygen atoms in total. The molecule has 0 saturated carbocycles. The average Bonchev–Trinajstić information content (AvgIpc) is 2.38. The molecule has 1 fully saturated rings. The summed E-state index contributed by atoms with van der Waals surface area (Å²) >= 11 is 3.57. The quantitative estimate of drug-likeness (QED) is 0.910. The van der Waals surface area contributed by atoms with Crippen molar-refractivity contribution >= 4 is 15.9 Å². The Kier molecular flexibility index (Phi) is 5.47. The first-order valence-corrected chi connectivity index (χ1v) is 8.15. The fourth-order valence-electron chi connectivity index (χ4n) is 3.14. The van der Waals surface area contributed by atoms with Crippen LogP contribution in [0.15, 0.2) is 22.7 Å². The van der Waals surface area contributed by atoms with Gasteiger partial charge in [0.15, 0.2) is 0 Å². The molecule has 2 unspecified atom stereocenters. The van der Waals surface area contributed by atoms with Crippen molar-refractivity contribution in [2.75, 3.05) is 20.2 Å². The minimum Gasteiger partial charge on any atom is -0.496 e. The number of likely N-dealkylation sites (tertiary alicyclic amines) is 1. The minimum atomic E-state index is 0.172. The molecule has 1 aliphatic rings. The molecule has 2 N–H and O–H groups in total. The van der Waals surface area contributed by atoms with Crippen molar-refractivity contribution in [3.8, 4) is 5.75 Å². The number of rotatable bonds is 4. The predicted octanol–water partition coefficient (Wildman–Crippen LogP) is 3.58. The van der Waals surface area contributed by atoms with Crippen molar-refractivity contribution in [1.82, 2.24) is 4.90 Å². The van der Waals surface area contributed by atoms with Crippen molar-refractivity contribution in [2.45, 2.75) is 38.8 Å². The van der Waals surface area contributed by atoms with E-state index in [1.807, 2.05) is 12.1 Å². The standard InChI is InChI=1S/C16H25BrN2O/c1-11(2)10-19-8-4-5-14(18)16(19)13-9-12(17)6-7-15(13)20-3/h6-7,9,11,14,16H,4-5,8,10,18H2,1-3H3. The lowest BCUT2D eigenvalue weighted by molar-refractivity contribution is 0.112. The Morgan fingerprint density at radius 1 is 1.45 bits per heavy atom. The lowest BCUT2D eigenvalue weighted by Gasteiger charge is -2.41. The number of nitrogens with two attached hydrogens (primary N) is 1. The van der Waals surface area contributed by atoms with Crippen LogP contribution in [0.2, 0.25) is 0 Å². The highest BCUT2D eigenvalue weighted by Crippen LogP contribution is 2.37. The van der Waals surface area contributed by atoms with Gasteiger partial charge in [-0.05, 0) is 43.5 Å². The summed E-state index contributed by atoms with van der Waals surface area (Å²) < 4.78 is 6.63. The van der Waals surface area contributed by atoms with E-state index in [1.54, 1.807) is 7.11 Å². The third-order valence-electron chi connectivity index (χ3n) is 3.89. The Balaban J connectivity index is 2.36. The van der Waals surface area contributed by atoms with Gasteiger partial charge in [-0.1, -0.05) is 29.8 Å². The monoisotopic (exact) mass is 340 g/mol. The van der Waals surface area contributed by atoms with E-state index in [2.05, 4.69) is 40.7 Å². The van der Waals surface area contributed by atoms with E-state index < -0.39 is 0 Å². The zero-order chi connectivity index (χ0) is 14.7. The largest absolute Gasteiger partial charge is 0.496 e. The summed E-state index contributed by atoms with van der Waals surface area (Å²) in [6.45, 7) is 6.71. The second kappa shape index (κ2) is 6.92. The smallest absolute Gasteiger partial charge is 0.123 e. The summed E-state index contributed by atoms with van der Waals surface area (Å²) in [7, 11) is 1.73. The van der Waals surface area contributed by atoms with E-state index in [0.29, 0.717) is 5.92 Å². The van der Waals surface area contributed by atoms with Crippen LogP contribution in [-0.2, 0) is 0 Å². The van der Waals surface area contributed by atoms with Crippen molar-refractivity contribution in [3.05, 3.63) is 28.2 Å². The topological polar surface area (TPSA) is 38.5 Å². The van der Waals surface area contributed by atoms with E-state index in [4.69, 9.17) is 10.5 Å². The first-order valence-electron chi connectivity index (χ1n) is 7.36. The number of piperidine rings is 1. The zero-order valence-corrected chi connectivity index (χ0v) is 14.2. The summed E-state index contributed by atoms with van der Waals surface area (Å²) in [4.78, 5) is 2.52. The second-order valence-electron chi connectivity index (χ2n) is 6.03. The SMILES string of the molecule is COc1ccc(Br)cc1C1C(N)CCCN1CC(C)C. The fourth-order valence-corrected chi connectivity index (χ4v) is 3.51. The molecule has 1 aromatic carbocycles. The van der Waals surface area contributed by atoms with Gasteiger partial charge in [-0.25, -0.2) is 0 Å². The van der Waals surface area contributed by atoms with Crippen LogP contribution in [0, 0.1) is 5.92 Å². The average molecular weight is 341 g/mol. The van der Waals surface area contributed by atoms with Crippen LogP contribution in [0.5, 0.6) is 5.75 Å².